The maximum Gasteiger partial charge on any atom is 0.408 e. The molecule has 4 aromatic rings. The Balaban J connectivity index is 1.07. The minimum atomic E-state index is -4.46. The minimum Gasteiger partial charge on any atom is -0.371 e. The first kappa shape index (κ1) is 29.3. The van der Waals surface area contributed by atoms with Crippen molar-refractivity contribution in [1.29, 1.82) is 0 Å². The van der Waals surface area contributed by atoms with E-state index >= 15 is 0 Å². The number of hydrogen-bond donors (Lipinski definition) is 2. The lowest BCUT2D eigenvalue weighted by Gasteiger charge is -2.34. The number of morpholine rings is 1. The quantitative estimate of drug-likeness (QED) is 0.316. The average molecular weight is 622 g/mol. The summed E-state index contributed by atoms with van der Waals surface area (Å²) in [7, 11) is 2.12. The van der Waals surface area contributed by atoms with Gasteiger partial charge in [-0.2, -0.15) is 18.3 Å². The summed E-state index contributed by atoms with van der Waals surface area (Å²) < 4.78 is 46.9. The topological polar surface area (TPSA) is 104 Å². The summed E-state index contributed by atoms with van der Waals surface area (Å²) >= 11 is 0. The van der Waals surface area contributed by atoms with Crippen molar-refractivity contribution in [1.82, 2.24) is 24.6 Å². The van der Waals surface area contributed by atoms with Crippen molar-refractivity contribution in [3.05, 3.63) is 54.7 Å². The van der Waals surface area contributed by atoms with Crippen LogP contribution in [0.2, 0.25) is 0 Å². The lowest BCUT2D eigenvalue weighted by molar-refractivity contribution is -0.141. The SMILES string of the molecule is CN1CCN(c2ccc(NC(=O)Nc3ccc(-c4nc(N5C[C@H]6CC[C@H](C5)O6)c5cnn(CC(F)(F)F)c5n4)cc3)cc2)CC1. The Kier molecular flexibility index (Phi) is 7.69. The third-order valence-electron chi connectivity index (χ3n) is 8.54. The highest BCUT2D eigenvalue weighted by Crippen LogP contribution is 2.34. The molecule has 0 saturated carbocycles. The summed E-state index contributed by atoms with van der Waals surface area (Å²) in [4.78, 5) is 28.7. The Bertz CT molecular complexity index is 1660. The summed E-state index contributed by atoms with van der Waals surface area (Å²) in [6.45, 7) is 3.90. The normalized spacial score (nSPS) is 20.5. The van der Waals surface area contributed by atoms with Gasteiger partial charge in [0.05, 0.1) is 23.8 Å². The predicted octanol–water partition coefficient (Wildman–Crippen LogP) is 4.82. The third-order valence-corrected chi connectivity index (χ3v) is 8.54. The van der Waals surface area contributed by atoms with Gasteiger partial charge in [-0.1, -0.05) is 0 Å². The van der Waals surface area contributed by atoms with E-state index in [0.717, 1.165) is 49.4 Å². The van der Waals surface area contributed by atoms with Crippen LogP contribution in [0.1, 0.15) is 12.8 Å². The lowest BCUT2D eigenvalue weighted by atomic mass is 10.2. The lowest BCUT2D eigenvalue weighted by Crippen LogP contribution is -2.44. The monoisotopic (exact) mass is 621 g/mol. The zero-order valence-electron chi connectivity index (χ0n) is 24.8. The molecule has 236 valence electrons. The molecule has 5 heterocycles. The zero-order valence-corrected chi connectivity index (χ0v) is 24.8. The molecule has 3 aliphatic heterocycles. The van der Waals surface area contributed by atoms with Gasteiger partial charge in [-0.25, -0.2) is 19.4 Å². The molecule has 14 heteroatoms. The molecule has 0 unspecified atom stereocenters. The highest BCUT2D eigenvalue weighted by atomic mass is 19.4. The van der Waals surface area contributed by atoms with Gasteiger partial charge in [0.2, 0.25) is 0 Å². The van der Waals surface area contributed by atoms with Crippen molar-refractivity contribution in [3.8, 4) is 11.4 Å². The largest absolute Gasteiger partial charge is 0.408 e. The molecule has 2 amide bonds. The highest BCUT2D eigenvalue weighted by Gasteiger charge is 2.36. The zero-order chi connectivity index (χ0) is 31.1. The molecular formula is C31H34F3N9O2. The number of hydrogen-bond acceptors (Lipinski definition) is 8. The summed E-state index contributed by atoms with van der Waals surface area (Å²) in [5, 5.41) is 10.2. The van der Waals surface area contributed by atoms with E-state index in [9.17, 15) is 18.0 Å². The van der Waals surface area contributed by atoms with Crippen molar-refractivity contribution in [2.24, 2.45) is 0 Å². The summed E-state index contributed by atoms with van der Waals surface area (Å²) in [6.07, 6.45) is -1.03. The van der Waals surface area contributed by atoms with Gasteiger partial charge < -0.3 is 30.1 Å². The van der Waals surface area contributed by atoms with Gasteiger partial charge in [-0.3, -0.25) is 0 Å². The molecule has 3 saturated heterocycles. The number of piperazine rings is 1. The van der Waals surface area contributed by atoms with Crippen LogP contribution in [0.5, 0.6) is 0 Å². The number of urea groups is 1. The number of aromatic nitrogens is 4. The van der Waals surface area contributed by atoms with Crippen LogP contribution in [-0.2, 0) is 11.3 Å². The van der Waals surface area contributed by atoms with Gasteiger partial charge in [-0.15, -0.1) is 0 Å². The molecule has 3 aliphatic rings. The predicted molar refractivity (Wildman–Crippen MR) is 166 cm³/mol. The number of amides is 2. The Morgan fingerprint density at radius 2 is 1.51 bits per heavy atom. The smallest absolute Gasteiger partial charge is 0.371 e. The molecule has 2 aromatic heterocycles. The molecule has 0 aliphatic carbocycles. The van der Waals surface area contributed by atoms with Gasteiger partial charge in [0.25, 0.3) is 0 Å². The van der Waals surface area contributed by atoms with E-state index < -0.39 is 18.8 Å². The molecule has 0 radical (unpaired) electrons. The van der Waals surface area contributed by atoms with Crippen LogP contribution >= 0.6 is 0 Å². The number of nitrogens with zero attached hydrogens (tertiary/aromatic N) is 7. The van der Waals surface area contributed by atoms with Crippen LogP contribution in [0, 0.1) is 0 Å². The minimum absolute atomic E-state index is 0.0637. The average Bonchev–Trinajstić information content (AvgIpc) is 3.58. The third kappa shape index (κ3) is 6.52. The maximum atomic E-state index is 13.4. The Morgan fingerprint density at radius 1 is 0.889 bits per heavy atom. The van der Waals surface area contributed by atoms with Gasteiger partial charge in [0, 0.05) is 61.9 Å². The first-order chi connectivity index (χ1) is 21.7. The van der Waals surface area contributed by atoms with E-state index in [0.29, 0.717) is 41.2 Å². The van der Waals surface area contributed by atoms with Crippen LogP contribution < -0.4 is 20.4 Å². The van der Waals surface area contributed by atoms with Crippen LogP contribution in [0.4, 0.5) is 40.8 Å². The van der Waals surface area contributed by atoms with Crippen molar-refractivity contribution < 1.29 is 22.7 Å². The fourth-order valence-electron chi connectivity index (χ4n) is 6.20. The fourth-order valence-corrected chi connectivity index (χ4v) is 6.20. The van der Waals surface area contributed by atoms with Gasteiger partial charge in [-0.05, 0) is 68.4 Å². The molecular weight excluding hydrogens is 587 g/mol. The first-order valence-electron chi connectivity index (χ1n) is 15.1. The van der Waals surface area contributed by atoms with E-state index in [2.05, 4.69) is 42.5 Å². The second-order valence-electron chi connectivity index (χ2n) is 11.9. The Hall–Kier alpha value is -4.43. The van der Waals surface area contributed by atoms with Crippen molar-refractivity contribution in [2.45, 2.75) is 37.8 Å². The number of alkyl halides is 3. The molecule has 45 heavy (non-hydrogen) atoms. The number of benzene rings is 2. The van der Waals surface area contributed by atoms with E-state index in [-0.39, 0.29) is 23.7 Å². The van der Waals surface area contributed by atoms with E-state index in [1.807, 2.05) is 24.3 Å². The number of halogens is 3. The highest BCUT2D eigenvalue weighted by molar-refractivity contribution is 6.00. The van der Waals surface area contributed by atoms with E-state index in [1.165, 1.54) is 6.20 Å². The maximum absolute atomic E-state index is 13.4. The molecule has 2 bridgehead atoms. The Morgan fingerprint density at radius 3 is 2.13 bits per heavy atom. The molecule has 2 atom stereocenters. The van der Waals surface area contributed by atoms with E-state index in [1.54, 1.807) is 24.3 Å². The molecule has 2 N–H and O–H groups in total. The number of fused-ring (bicyclic) bond motifs is 3. The second kappa shape index (κ2) is 11.8. The number of nitrogens with one attached hydrogen (secondary N) is 2. The number of likely N-dealkylation sites (N-methyl/N-ethyl adjacent to an activating group) is 1. The van der Waals surface area contributed by atoms with Gasteiger partial charge >= 0.3 is 12.2 Å². The standard InChI is InChI=1S/C31H34F3N9O2/c1-40-12-14-41(15-13-40)23-8-6-22(7-9-23)37-30(44)36-21-4-2-20(3-5-21)27-38-28(42-17-24-10-11-25(18-42)45-24)26-16-35-43(29(26)39-27)19-31(32,33)34/h2-9,16,24-25H,10-15,17-19H2,1H3,(H2,36,37,44)/t24-,25-/m1/s1. The van der Waals surface area contributed by atoms with Crippen LogP contribution in [0.3, 0.4) is 0 Å². The number of rotatable bonds is 6. The number of anilines is 4. The van der Waals surface area contributed by atoms with Crippen LogP contribution in [0.15, 0.2) is 54.7 Å². The summed E-state index contributed by atoms with van der Waals surface area (Å²) in [5.41, 5.74) is 3.04. The molecule has 3 fully saturated rings. The van der Waals surface area contributed by atoms with Crippen molar-refractivity contribution >= 4 is 39.9 Å². The summed E-state index contributed by atoms with van der Waals surface area (Å²) in [5.74, 6) is 0.820. The number of ether oxygens (including phenoxy) is 1. The first-order valence-corrected chi connectivity index (χ1v) is 15.1. The fraction of sp³-hybridized carbons (Fsp3) is 0.419. The van der Waals surface area contributed by atoms with E-state index in [4.69, 9.17) is 9.72 Å². The van der Waals surface area contributed by atoms with Crippen molar-refractivity contribution in [2.75, 3.05) is 66.7 Å². The Labute approximate surface area is 258 Å². The van der Waals surface area contributed by atoms with Gasteiger partial charge in [0.15, 0.2) is 11.5 Å². The van der Waals surface area contributed by atoms with Crippen molar-refractivity contribution in [3.63, 3.8) is 0 Å². The molecule has 0 spiro atoms. The molecule has 7 rings (SSSR count). The van der Waals surface area contributed by atoms with Crippen LogP contribution in [0.25, 0.3) is 22.4 Å². The van der Waals surface area contributed by atoms with Gasteiger partial charge in [0.1, 0.15) is 12.4 Å². The second-order valence-corrected chi connectivity index (χ2v) is 11.9. The number of carbonyl (C=O) groups is 1. The van der Waals surface area contributed by atoms with Crippen LogP contribution in [-0.4, -0.2) is 95.4 Å². The molecule has 11 nitrogen and oxygen atoms in total. The summed E-state index contributed by atoms with van der Waals surface area (Å²) in [6, 6.07) is 14.3. The molecule has 2 aromatic carbocycles. The number of carbonyl (C=O) groups excluding carboxylic acids is 1.